The number of hydrogen-bond donors (Lipinski definition) is 0. The number of halogens is 1. The number of carbonyl (C=O) groups excluding carboxylic acids is 2. The summed E-state index contributed by atoms with van der Waals surface area (Å²) in [5, 5.41) is 0.370. The molecule has 2 aliphatic rings. The molecule has 168 valence electrons. The summed E-state index contributed by atoms with van der Waals surface area (Å²) in [5.41, 5.74) is 2.05. The van der Waals surface area contributed by atoms with Crippen LogP contribution in [-0.2, 0) is 4.79 Å². The van der Waals surface area contributed by atoms with E-state index in [-0.39, 0.29) is 11.1 Å². The Hall–Kier alpha value is -3.00. The molecule has 3 aromatic rings. The van der Waals surface area contributed by atoms with E-state index in [0.717, 1.165) is 43.5 Å². The van der Waals surface area contributed by atoms with Gasteiger partial charge in [0.05, 0.1) is 11.6 Å². The average molecular weight is 480 g/mol. The highest BCUT2D eigenvalue weighted by atomic mass is 35.5. The minimum atomic E-state index is -0.281. The van der Waals surface area contributed by atoms with E-state index in [0.29, 0.717) is 28.1 Å². The van der Waals surface area contributed by atoms with E-state index in [1.54, 1.807) is 18.2 Å². The standard InChI is InChI=1S/C25H22ClN3O3S/c26-19-6-4-5-18(15-19)22-10-9-21(32-22)16-23-24(30)29(25(31)33-23)17-27-11-13-28(14-12-27)20-7-2-1-3-8-20/h1-10,15-16H,11-14,17H2/b23-16+. The number of nitrogens with zero attached hydrogens (tertiary/aromatic N) is 3. The molecule has 0 aliphatic carbocycles. The van der Waals surface area contributed by atoms with Crippen molar-refractivity contribution in [3.05, 3.63) is 82.4 Å². The van der Waals surface area contributed by atoms with Gasteiger partial charge in [0.1, 0.15) is 11.5 Å². The summed E-state index contributed by atoms with van der Waals surface area (Å²) in [5.74, 6) is 0.891. The SMILES string of the molecule is O=C1S/C(=C/c2ccc(-c3cccc(Cl)c3)o2)C(=O)N1CN1CCN(c2ccccc2)CC1. The number of carbonyl (C=O) groups is 2. The summed E-state index contributed by atoms with van der Waals surface area (Å²) < 4.78 is 5.86. The fourth-order valence-electron chi connectivity index (χ4n) is 3.96. The molecule has 0 bridgehead atoms. The maximum atomic E-state index is 12.9. The van der Waals surface area contributed by atoms with Crippen LogP contribution in [-0.4, -0.2) is 53.8 Å². The van der Waals surface area contributed by atoms with Gasteiger partial charge in [-0.3, -0.25) is 19.4 Å². The lowest BCUT2D eigenvalue weighted by Gasteiger charge is -2.37. The average Bonchev–Trinajstić information content (AvgIpc) is 3.40. The molecule has 3 heterocycles. The normalized spacial score (nSPS) is 18.5. The highest BCUT2D eigenvalue weighted by Gasteiger charge is 2.36. The molecule has 5 rings (SSSR count). The van der Waals surface area contributed by atoms with Gasteiger partial charge in [-0.05, 0) is 48.2 Å². The summed E-state index contributed by atoms with van der Waals surface area (Å²) in [6.07, 6.45) is 1.63. The Kier molecular flexibility index (Phi) is 6.26. The number of anilines is 1. The van der Waals surface area contributed by atoms with Gasteiger partial charge in [0.2, 0.25) is 0 Å². The number of piperazine rings is 1. The fourth-order valence-corrected chi connectivity index (χ4v) is 4.97. The van der Waals surface area contributed by atoms with Gasteiger partial charge in [-0.1, -0.05) is 41.9 Å². The van der Waals surface area contributed by atoms with E-state index in [1.807, 2.05) is 42.5 Å². The Morgan fingerprint density at radius 2 is 1.73 bits per heavy atom. The Balaban J connectivity index is 1.22. The van der Waals surface area contributed by atoms with Gasteiger partial charge in [-0.15, -0.1) is 0 Å². The molecule has 2 saturated heterocycles. The van der Waals surface area contributed by atoms with Gasteiger partial charge in [-0.2, -0.15) is 0 Å². The summed E-state index contributed by atoms with van der Waals surface area (Å²) in [4.78, 5) is 31.6. The largest absolute Gasteiger partial charge is 0.457 e. The zero-order valence-electron chi connectivity index (χ0n) is 17.8. The van der Waals surface area contributed by atoms with Gasteiger partial charge in [0.25, 0.3) is 11.1 Å². The first-order valence-corrected chi connectivity index (χ1v) is 11.9. The first-order chi connectivity index (χ1) is 16.1. The third kappa shape index (κ3) is 4.85. The molecule has 2 fully saturated rings. The second-order valence-corrected chi connectivity index (χ2v) is 9.33. The lowest BCUT2D eigenvalue weighted by molar-refractivity contribution is -0.124. The predicted octanol–water partition coefficient (Wildman–Crippen LogP) is 5.42. The van der Waals surface area contributed by atoms with Crippen molar-refractivity contribution in [2.75, 3.05) is 37.7 Å². The van der Waals surface area contributed by atoms with Crippen LogP contribution in [0.4, 0.5) is 10.5 Å². The predicted molar refractivity (Wildman–Crippen MR) is 132 cm³/mol. The first kappa shape index (κ1) is 21.8. The highest BCUT2D eigenvalue weighted by Crippen LogP contribution is 2.34. The fraction of sp³-hybridized carbons (Fsp3) is 0.200. The zero-order chi connectivity index (χ0) is 22.8. The van der Waals surface area contributed by atoms with Crippen molar-refractivity contribution in [2.45, 2.75) is 0 Å². The molecule has 1 aromatic heterocycles. The molecule has 2 aliphatic heterocycles. The topological polar surface area (TPSA) is 57.0 Å². The highest BCUT2D eigenvalue weighted by molar-refractivity contribution is 8.18. The van der Waals surface area contributed by atoms with E-state index in [9.17, 15) is 9.59 Å². The first-order valence-electron chi connectivity index (χ1n) is 10.7. The monoisotopic (exact) mass is 479 g/mol. The molecule has 2 aromatic carbocycles. The van der Waals surface area contributed by atoms with Crippen LogP contribution in [0.2, 0.25) is 5.02 Å². The van der Waals surface area contributed by atoms with E-state index in [4.69, 9.17) is 16.0 Å². The molecule has 6 nitrogen and oxygen atoms in total. The molecule has 0 N–H and O–H groups in total. The lowest BCUT2D eigenvalue weighted by atomic mass is 10.2. The third-order valence-corrected chi connectivity index (χ3v) is 6.86. The molecular weight excluding hydrogens is 458 g/mol. The van der Waals surface area contributed by atoms with E-state index in [1.165, 1.54) is 10.6 Å². The molecule has 2 amide bonds. The minimum Gasteiger partial charge on any atom is -0.457 e. The van der Waals surface area contributed by atoms with Crippen molar-refractivity contribution in [3.63, 3.8) is 0 Å². The van der Waals surface area contributed by atoms with Crippen LogP contribution in [0.25, 0.3) is 17.4 Å². The Morgan fingerprint density at radius 1 is 0.939 bits per heavy atom. The maximum Gasteiger partial charge on any atom is 0.294 e. The number of para-hydroxylation sites is 1. The number of rotatable bonds is 5. The molecule has 0 radical (unpaired) electrons. The number of furan rings is 1. The number of imide groups is 1. The van der Waals surface area contributed by atoms with Gasteiger partial charge < -0.3 is 9.32 Å². The molecule has 0 unspecified atom stereocenters. The third-order valence-electron chi connectivity index (χ3n) is 5.72. The number of hydrogen-bond acceptors (Lipinski definition) is 6. The molecule has 0 spiro atoms. The van der Waals surface area contributed by atoms with Gasteiger partial charge in [0, 0.05) is 48.5 Å². The van der Waals surface area contributed by atoms with Gasteiger partial charge >= 0.3 is 0 Å². The van der Waals surface area contributed by atoms with Crippen LogP contribution < -0.4 is 4.90 Å². The van der Waals surface area contributed by atoms with Crippen LogP contribution in [0, 0.1) is 0 Å². The molecule has 0 atom stereocenters. The second-order valence-electron chi connectivity index (χ2n) is 7.90. The van der Waals surface area contributed by atoms with Crippen molar-refractivity contribution < 1.29 is 14.0 Å². The minimum absolute atomic E-state index is 0.252. The molecule has 33 heavy (non-hydrogen) atoms. The zero-order valence-corrected chi connectivity index (χ0v) is 19.4. The maximum absolute atomic E-state index is 12.9. The Morgan fingerprint density at radius 3 is 2.48 bits per heavy atom. The summed E-state index contributed by atoms with van der Waals surface area (Å²) >= 11 is 7.01. The summed E-state index contributed by atoms with van der Waals surface area (Å²) in [6.45, 7) is 3.59. The van der Waals surface area contributed by atoms with Crippen molar-refractivity contribution >= 4 is 46.3 Å². The summed E-state index contributed by atoms with van der Waals surface area (Å²) in [6, 6.07) is 21.3. The lowest BCUT2D eigenvalue weighted by Crippen LogP contribution is -2.50. The Bertz CT molecular complexity index is 1200. The number of benzene rings is 2. The smallest absolute Gasteiger partial charge is 0.294 e. The van der Waals surface area contributed by atoms with Crippen molar-refractivity contribution in [1.29, 1.82) is 0 Å². The van der Waals surface area contributed by atoms with E-state index >= 15 is 0 Å². The van der Waals surface area contributed by atoms with Crippen molar-refractivity contribution in [1.82, 2.24) is 9.80 Å². The second kappa shape index (κ2) is 9.47. The van der Waals surface area contributed by atoms with Crippen molar-refractivity contribution in [3.8, 4) is 11.3 Å². The van der Waals surface area contributed by atoms with Crippen LogP contribution in [0.1, 0.15) is 5.76 Å². The van der Waals surface area contributed by atoms with Crippen LogP contribution >= 0.6 is 23.4 Å². The number of thioether (sulfide) groups is 1. The Labute approximate surface area is 201 Å². The molecule has 8 heteroatoms. The summed E-state index contributed by atoms with van der Waals surface area (Å²) in [7, 11) is 0. The van der Waals surface area contributed by atoms with Crippen LogP contribution in [0.15, 0.2) is 76.1 Å². The quantitative estimate of drug-likeness (QED) is 0.456. The number of amides is 2. The van der Waals surface area contributed by atoms with Crippen molar-refractivity contribution in [2.24, 2.45) is 0 Å². The van der Waals surface area contributed by atoms with Crippen LogP contribution in [0.5, 0.6) is 0 Å². The molecule has 0 saturated carbocycles. The molecular formula is C25H22ClN3O3S. The van der Waals surface area contributed by atoms with Crippen LogP contribution in [0.3, 0.4) is 0 Å². The van der Waals surface area contributed by atoms with E-state index < -0.39 is 0 Å². The van der Waals surface area contributed by atoms with Gasteiger partial charge in [-0.25, -0.2) is 0 Å². The van der Waals surface area contributed by atoms with Gasteiger partial charge in [0.15, 0.2) is 0 Å². The van der Waals surface area contributed by atoms with E-state index in [2.05, 4.69) is 21.9 Å².